The summed E-state index contributed by atoms with van der Waals surface area (Å²) in [6.07, 6.45) is 2.47. The maximum atomic E-state index is 12.4. The normalized spacial score (nSPS) is 20.0. The van der Waals surface area contributed by atoms with Crippen LogP contribution in [-0.4, -0.2) is 26.8 Å². The van der Waals surface area contributed by atoms with Gasteiger partial charge in [0.2, 0.25) is 10.0 Å². The highest BCUT2D eigenvalue weighted by Gasteiger charge is 2.42. The van der Waals surface area contributed by atoms with Gasteiger partial charge in [0.1, 0.15) is 0 Å². The molecule has 1 aliphatic carbocycles. The fourth-order valence-corrected chi connectivity index (χ4v) is 4.78. The van der Waals surface area contributed by atoms with Crippen LogP contribution in [0.2, 0.25) is 0 Å². The van der Waals surface area contributed by atoms with E-state index in [1.807, 2.05) is 12.1 Å². The van der Waals surface area contributed by atoms with Gasteiger partial charge >= 0.3 is 0 Å². The van der Waals surface area contributed by atoms with Gasteiger partial charge in [-0.3, -0.25) is 4.31 Å². The summed E-state index contributed by atoms with van der Waals surface area (Å²) in [6, 6.07) is 6.49. The fraction of sp³-hybridized carbons (Fsp3) is 0.600. The van der Waals surface area contributed by atoms with Crippen molar-refractivity contribution < 1.29 is 8.42 Å². The van der Waals surface area contributed by atoms with E-state index in [1.54, 1.807) is 4.31 Å². The van der Waals surface area contributed by atoms with Crippen molar-refractivity contribution in [3.8, 4) is 0 Å². The minimum Gasteiger partial charge on any atom is -0.310 e. The predicted molar refractivity (Wildman–Crippen MR) is 81.5 cm³/mol. The van der Waals surface area contributed by atoms with Crippen LogP contribution in [0.25, 0.3) is 0 Å². The molecule has 1 unspecified atom stereocenters. The van der Waals surface area contributed by atoms with E-state index in [2.05, 4.69) is 25.2 Å². The molecule has 0 amide bonds. The van der Waals surface area contributed by atoms with Crippen molar-refractivity contribution >= 4 is 15.7 Å². The lowest BCUT2D eigenvalue weighted by Crippen LogP contribution is -2.32. The maximum absolute atomic E-state index is 12.4. The summed E-state index contributed by atoms with van der Waals surface area (Å²) >= 11 is 0. The van der Waals surface area contributed by atoms with E-state index in [0.717, 1.165) is 37.1 Å². The minimum absolute atomic E-state index is 0.131. The number of rotatable bonds is 5. The van der Waals surface area contributed by atoms with E-state index in [4.69, 9.17) is 0 Å². The summed E-state index contributed by atoms with van der Waals surface area (Å²) < 4.78 is 26.4. The van der Waals surface area contributed by atoms with Crippen LogP contribution in [0.4, 0.5) is 5.69 Å². The van der Waals surface area contributed by atoms with Crippen LogP contribution < -0.4 is 9.62 Å². The second-order valence-electron chi connectivity index (χ2n) is 5.73. The number of hydrogen-bond donors (Lipinski definition) is 1. The summed E-state index contributed by atoms with van der Waals surface area (Å²) in [4.78, 5) is 0. The molecule has 2 aliphatic rings. The van der Waals surface area contributed by atoms with Gasteiger partial charge in [-0.1, -0.05) is 19.1 Å². The van der Waals surface area contributed by atoms with Crippen molar-refractivity contribution in [1.29, 1.82) is 0 Å². The zero-order valence-corrected chi connectivity index (χ0v) is 12.9. The Labute approximate surface area is 121 Å². The lowest BCUT2D eigenvalue weighted by Gasteiger charge is -2.20. The first-order valence-corrected chi connectivity index (χ1v) is 8.92. The molecule has 110 valence electrons. The van der Waals surface area contributed by atoms with Gasteiger partial charge in [-0.25, -0.2) is 8.42 Å². The molecular formula is C15H22N2O2S. The summed E-state index contributed by atoms with van der Waals surface area (Å²) in [7, 11) is -3.10. The highest BCUT2D eigenvalue weighted by Crippen LogP contribution is 2.38. The molecule has 1 aromatic carbocycles. The molecule has 5 heteroatoms. The lowest BCUT2D eigenvalue weighted by molar-refractivity contribution is 0.591. The lowest BCUT2D eigenvalue weighted by atomic mass is 10.0. The van der Waals surface area contributed by atoms with Gasteiger partial charge in [0.05, 0.1) is 10.9 Å². The van der Waals surface area contributed by atoms with Gasteiger partial charge in [0.15, 0.2) is 0 Å². The van der Waals surface area contributed by atoms with Gasteiger partial charge in [0.25, 0.3) is 0 Å². The van der Waals surface area contributed by atoms with Gasteiger partial charge < -0.3 is 5.32 Å². The van der Waals surface area contributed by atoms with Crippen LogP contribution in [0.3, 0.4) is 0 Å². The van der Waals surface area contributed by atoms with Gasteiger partial charge in [0, 0.05) is 12.6 Å². The van der Waals surface area contributed by atoms with Crippen molar-refractivity contribution in [3.05, 3.63) is 29.3 Å². The molecule has 3 rings (SSSR count). The Kier molecular flexibility index (Phi) is 3.50. The number of fused-ring (bicyclic) bond motifs is 1. The van der Waals surface area contributed by atoms with Crippen molar-refractivity contribution in [3.63, 3.8) is 0 Å². The van der Waals surface area contributed by atoms with Gasteiger partial charge in [-0.05, 0) is 49.9 Å². The summed E-state index contributed by atoms with van der Waals surface area (Å²) in [6.45, 7) is 5.76. The molecule has 1 aliphatic heterocycles. The zero-order valence-electron chi connectivity index (χ0n) is 12.1. The number of nitrogens with one attached hydrogen (secondary N) is 1. The van der Waals surface area contributed by atoms with E-state index in [1.165, 1.54) is 5.56 Å². The third kappa shape index (κ3) is 2.33. The highest BCUT2D eigenvalue weighted by atomic mass is 32.2. The molecule has 1 fully saturated rings. The molecule has 0 bridgehead atoms. The summed E-state index contributed by atoms with van der Waals surface area (Å²) in [5.41, 5.74) is 3.29. The van der Waals surface area contributed by atoms with Crippen molar-refractivity contribution in [1.82, 2.24) is 5.32 Å². The molecule has 1 aromatic rings. The highest BCUT2D eigenvalue weighted by molar-refractivity contribution is 7.93. The van der Waals surface area contributed by atoms with Crippen molar-refractivity contribution in [2.24, 2.45) is 0 Å². The van der Waals surface area contributed by atoms with Gasteiger partial charge in [-0.2, -0.15) is 0 Å². The largest absolute Gasteiger partial charge is 0.310 e. The third-order valence-corrected chi connectivity index (χ3v) is 6.53. The number of hydrogen-bond acceptors (Lipinski definition) is 3. The Morgan fingerprint density at radius 1 is 1.40 bits per heavy atom. The van der Waals surface area contributed by atoms with Crippen molar-refractivity contribution in [2.45, 2.75) is 44.4 Å². The number of nitrogens with zero attached hydrogens (tertiary/aromatic N) is 1. The molecule has 0 radical (unpaired) electrons. The quantitative estimate of drug-likeness (QED) is 0.906. The molecule has 4 nitrogen and oxygen atoms in total. The molecule has 0 spiro atoms. The number of anilines is 1. The van der Waals surface area contributed by atoms with E-state index in [-0.39, 0.29) is 5.25 Å². The third-order valence-electron chi connectivity index (χ3n) is 4.22. The second kappa shape index (κ2) is 5.04. The molecule has 0 saturated heterocycles. The van der Waals surface area contributed by atoms with E-state index in [0.29, 0.717) is 12.6 Å². The molecule has 1 N–H and O–H groups in total. The van der Waals surface area contributed by atoms with Crippen LogP contribution in [-0.2, 0) is 16.4 Å². The number of benzene rings is 1. The van der Waals surface area contributed by atoms with E-state index in [9.17, 15) is 8.42 Å². The Morgan fingerprint density at radius 2 is 2.15 bits per heavy atom. The summed E-state index contributed by atoms with van der Waals surface area (Å²) in [5.74, 6) is 0. The van der Waals surface area contributed by atoms with Crippen LogP contribution in [0, 0.1) is 0 Å². The zero-order chi connectivity index (χ0) is 14.3. The average Bonchev–Trinajstić information content (AvgIpc) is 3.19. The van der Waals surface area contributed by atoms with E-state index >= 15 is 0 Å². The van der Waals surface area contributed by atoms with Crippen LogP contribution >= 0.6 is 0 Å². The van der Waals surface area contributed by atoms with Crippen LogP contribution in [0.1, 0.15) is 43.9 Å². The van der Waals surface area contributed by atoms with Gasteiger partial charge in [-0.15, -0.1) is 0 Å². The second-order valence-corrected chi connectivity index (χ2v) is 7.87. The molecule has 1 saturated carbocycles. The Hall–Kier alpha value is -1.07. The number of sulfonamides is 1. The first-order valence-electron chi connectivity index (χ1n) is 7.41. The predicted octanol–water partition coefficient (Wildman–Crippen LogP) is 2.21. The maximum Gasteiger partial charge on any atom is 0.238 e. The summed E-state index contributed by atoms with van der Waals surface area (Å²) in [5, 5.41) is 3.26. The first kappa shape index (κ1) is 13.9. The average molecular weight is 294 g/mol. The minimum atomic E-state index is -3.10. The van der Waals surface area contributed by atoms with Crippen molar-refractivity contribution in [2.75, 3.05) is 17.4 Å². The molecule has 1 heterocycles. The Bertz CT molecular complexity index is 608. The SMILES string of the molecule is CCNC(C)c1ccc2c(c1)CCN2S(=O)(=O)C1CC1. The molecule has 0 aromatic heterocycles. The molecule has 1 atom stereocenters. The molecular weight excluding hydrogens is 272 g/mol. The van der Waals surface area contributed by atoms with E-state index < -0.39 is 10.0 Å². The van der Waals surface area contributed by atoms with Crippen LogP contribution in [0.5, 0.6) is 0 Å². The Morgan fingerprint density at radius 3 is 2.80 bits per heavy atom. The standard InChI is InChI=1S/C15H22N2O2S/c1-3-16-11(2)12-4-7-15-13(10-12)8-9-17(15)20(18,19)14-5-6-14/h4,7,10-11,14,16H,3,5-6,8-9H2,1-2H3. The smallest absolute Gasteiger partial charge is 0.238 e. The Balaban J connectivity index is 1.88. The molecule has 20 heavy (non-hydrogen) atoms. The monoisotopic (exact) mass is 294 g/mol. The first-order chi connectivity index (χ1) is 9.54. The topological polar surface area (TPSA) is 49.4 Å². The fourth-order valence-electron chi connectivity index (χ4n) is 2.89. The van der Waals surface area contributed by atoms with Crippen LogP contribution in [0.15, 0.2) is 18.2 Å².